The number of amides is 1. The Labute approximate surface area is 180 Å². The van der Waals surface area contributed by atoms with E-state index in [0.717, 1.165) is 12.8 Å². The van der Waals surface area contributed by atoms with E-state index in [1.54, 1.807) is 6.21 Å². The maximum atomic E-state index is 12.9. The fourth-order valence-corrected chi connectivity index (χ4v) is 4.16. The van der Waals surface area contributed by atoms with Gasteiger partial charge in [0.15, 0.2) is 5.69 Å². The van der Waals surface area contributed by atoms with Crippen LogP contribution in [0.3, 0.4) is 0 Å². The molecule has 2 aliphatic carbocycles. The number of nitrogen functional groups attached to an aromatic ring is 1. The van der Waals surface area contributed by atoms with Gasteiger partial charge in [-0.2, -0.15) is 9.78 Å². The molecule has 1 amide bonds. The zero-order valence-electron chi connectivity index (χ0n) is 16.5. The van der Waals surface area contributed by atoms with E-state index in [4.69, 9.17) is 5.73 Å². The average Bonchev–Trinajstić information content (AvgIpc) is 3.57. The summed E-state index contributed by atoms with van der Waals surface area (Å²) in [5.41, 5.74) is 8.73. The summed E-state index contributed by atoms with van der Waals surface area (Å²) in [5, 5.41) is 30.2. The molecule has 2 aliphatic rings. The van der Waals surface area contributed by atoms with Gasteiger partial charge >= 0.3 is 0 Å². The first kappa shape index (κ1) is 19.5. The second-order valence-corrected chi connectivity index (χ2v) is 7.64. The van der Waals surface area contributed by atoms with Crippen LogP contribution in [0.1, 0.15) is 23.3 Å². The Morgan fingerprint density at radius 3 is 2.72 bits per heavy atom. The van der Waals surface area contributed by atoms with Gasteiger partial charge in [-0.3, -0.25) is 14.9 Å². The number of nitro benzene ring substituents is 1. The lowest BCUT2D eigenvalue weighted by Crippen LogP contribution is -2.21. The Kier molecular flexibility index (Phi) is 4.69. The van der Waals surface area contributed by atoms with Crippen LogP contribution >= 0.6 is 0 Å². The number of allylic oxidation sites excluding steroid dienone is 2. The number of non-ortho nitro benzene ring substituents is 1. The molecule has 1 fully saturated rings. The van der Waals surface area contributed by atoms with Gasteiger partial charge in [-0.05, 0) is 47.1 Å². The number of hydrogen-bond acceptors (Lipinski definition) is 10. The third-order valence-corrected chi connectivity index (χ3v) is 5.70. The number of rotatable bonds is 6. The fourth-order valence-electron chi connectivity index (χ4n) is 4.16. The summed E-state index contributed by atoms with van der Waals surface area (Å²) in [6, 6.07) is 5.55. The zero-order valence-corrected chi connectivity index (χ0v) is 16.5. The van der Waals surface area contributed by atoms with E-state index in [-0.39, 0.29) is 34.6 Å². The number of hydrogen-bond donors (Lipinski definition) is 2. The molecule has 5 rings (SSSR count). The van der Waals surface area contributed by atoms with Crippen molar-refractivity contribution in [1.29, 1.82) is 0 Å². The van der Waals surface area contributed by atoms with Crippen molar-refractivity contribution in [3.05, 3.63) is 52.2 Å². The molecule has 0 saturated heterocycles. The Hall–Kier alpha value is -4.42. The second-order valence-electron chi connectivity index (χ2n) is 7.64. The first-order valence-electron chi connectivity index (χ1n) is 9.82. The molecule has 32 heavy (non-hydrogen) atoms. The minimum absolute atomic E-state index is 0.0298. The topological polar surface area (TPSA) is 180 Å². The van der Waals surface area contributed by atoms with Crippen LogP contribution in [0, 0.1) is 27.9 Å². The zero-order chi connectivity index (χ0) is 22.2. The summed E-state index contributed by atoms with van der Waals surface area (Å²) in [6.07, 6.45) is 8.31. The highest BCUT2D eigenvalue weighted by Crippen LogP contribution is 2.42. The van der Waals surface area contributed by atoms with E-state index >= 15 is 0 Å². The van der Waals surface area contributed by atoms with Crippen LogP contribution in [-0.4, -0.2) is 42.4 Å². The summed E-state index contributed by atoms with van der Waals surface area (Å²) in [5.74, 6) is 0.697. The van der Waals surface area contributed by atoms with E-state index in [9.17, 15) is 14.9 Å². The number of anilines is 1. The lowest BCUT2D eigenvalue weighted by atomic mass is 9.95. The lowest BCUT2D eigenvalue weighted by Gasteiger charge is -2.11. The van der Waals surface area contributed by atoms with Gasteiger partial charge < -0.3 is 5.73 Å². The molecule has 2 heterocycles. The van der Waals surface area contributed by atoms with E-state index in [1.807, 2.05) is 0 Å². The van der Waals surface area contributed by atoms with Crippen molar-refractivity contribution in [2.45, 2.75) is 12.8 Å². The molecule has 3 aromatic rings. The van der Waals surface area contributed by atoms with Crippen LogP contribution in [0.25, 0.3) is 17.1 Å². The van der Waals surface area contributed by atoms with Crippen LogP contribution < -0.4 is 11.2 Å². The van der Waals surface area contributed by atoms with Gasteiger partial charge in [-0.15, -0.1) is 5.10 Å². The smallest absolute Gasteiger partial charge is 0.294 e. The summed E-state index contributed by atoms with van der Waals surface area (Å²) >= 11 is 0. The van der Waals surface area contributed by atoms with Crippen molar-refractivity contribution < 1.29 is 14.3 Å². The van der Waals surface area contributed by atoms with Gasteiger partial charge in [0.25, 0.3) is 11.6 Å². The van der Waals surface area contributed by atoms with Gasteiger partial charge in [0.1, 0.15) is 5.69 Å². The number of fused-ring (bicyclic) bond motifs is 2. The summed E-state index contributed by atoms with van der Waals surface area (Å²) in [6.45, 7) is 0. The molecule has 13 heteroatoms. The van der Waals surface area contributed by atoms with E-state index in [2.05, 4.69) is 47.9 Å². The molecule has 2 bridgehead atoms. The molecule has 0 aliphatic heterocycles. The number of nitrogens with zero attached hydrogens (tertiary/aromatic N) is 7. The molecule has 2 aromatic heterocycles. The number of carbonyl (C=O) groups is 1. The standard InChI is InChI=1S/C19H17N9O4/c20-17-18(25-32-24-17)27-16(11-3-5-14(6-4-11)28(30)31)15(22-26-27)19(29)23-21-9-13-8-10-1-2-12(13)7-10/h1-6,9-10,12-13H,7-8H2,(H2,20,24)(H,23,29)/b21-9-/t10-,12+,13+/m0/s1. The molecule has 162 valence electrons. The minimum Gasteiger partial charge on any atom is -0.378 e. The number of nitrogens with two attached hydrogens (primary N) is 1. The van der Waals surface area contributed by atoms with Crippen LogP contribution in [-0.2, 0) is 0 Å². The minimum atomic E-state index is -0.602. The molecule has 13 nitrogen and oxygen atoms in total. The van der Waals surface area contributed by atoms with E-state index < -0.39 is 10.8 Å². The Bertz CT molecular complexity index is 1240. The fraction of sp³-hybridized carbons (Fsp3) is 0.263. The predicted octanol–water partition coefficient (Wildman–Crippen LogP) is 1.74. The summed E-state index contributed by atoms with van der Waals surface area (Å²) < 4.78 is 5.81. The molecule has 3 atom stereocenters. The largest absolute Gasteiger partial charge is 0.378 e. The third kappa shape index (κ3) is 3.38. The van der Waals surface area contributed by atoms with Crippen LogP contribution in [0.5, 0.6) is 0 Å². The first-order chi connectivity index (χ1) is 15.5. The molecule has 1 saturated carbocycles. The molecular formula is C19H17N9O4. The molecule has 0 radical (unpaired) electrons. The molecular weight excluding hydrogens is 418 g/mol. The summed E-state index contributed by atoms with van der Waals surface area (Å²) in [7, 11) is 0. The van der Waals surface area contributed by atoms with Gasteiger partial charge in [0.05, 0.1) is 4.92 Å². The number of hydrazone groups is 1. The van der Waals surface area contributed by atoms with Gasteiger partial charge in [0.2, 0.25) is 11.6 Å². The third-order valence-electron chi connectivity index (χ3n) is 5.70. The Morgan fingerprint density at radius 2 is 2.09 bits per heavy atom. The quantitative estimate of drug-likeness (QED) is 0.252. The molecule has 3 N–H and O–H groups in total. The molecule has 1 aromatic carbocycles. The number of carbonyl (C=O) groups excluding carboxylic acids is 1. The molecule has 0 spiro atoms. The van der Waals surface area contributed by atoms with Crippen molar-refractivity contribution in [2.24, 2.45) is 22.9 Å². The maximum Gasteiger partial charge on any atom is 0.294 e. The van der Waals surface area contributed by atoms with Crippen molar-refractivity contribution in [3.63, 3.8) is 0 Å². The predicted molar refractivity (Wildman–Crippen MR) is 111 cm³/mol. The van der Waals surface area contributed by atoms with Gasteiger partial charge in [-0.1, -0.05) is 17.4 Å². The maximum absolute atomic E-state index is 12.9. The van der Waals surface area contributed by atoms with E-state index in [1.165, 1.54) is 28.9 Å². The van der Waals surface area contributed by atoms with Crippen LogP contribution in [0.15, 0.2) is 46.1 Å². The number of nitro groups is 1. The molecule has 0 unspecified atom stereocenters. The van der Waals surface area contributed by atoms with E-state index in [0.29, 0.717) is 17.4 Å². The van der Waals surface area contributed by atoms with Gasteiger partial charge in [-0.25, -0.2) is 10.1 Å². The second kappa shape index (κ2) is 7.68. The number of nitrogens with one attached hydrogen (secondary N) is 1. The van der Waals surface area contributed by atoms with Crippen LogP contribution in [0.4, 0.5) is 11.5 Å². The monoisotopic (exact) mass is 435 g/mol. The van der Waals surface area contributed by atoms with Crippen molar-refractivity contribution in [3.8, 4) is 17.1 Å². The lowest BCUT2D eigenvalue weighted by molar-refractivity contribution is -0.384. The van der Waals surface area contributed by atoms with Crippen molar-refractivity contribution in [2.75, 3.05) is 5.73 Å². The van der Waals surface area contributed by atoms with Crippen LogP contribution in [0.2, 0.25) is 0 Å². The van der Waals surface area contributed by atoms with Crippen molar-refractivity contribution >= 4 is 23.6 Å². The highest BCUT2D eigenvalue weighted by Gasteiger charge is 2.34. The Balaban J connectivity index is 1.45. The average molecular weight is 435 g/mol. The van der Waals surface area contributed by atoms with Crippen molar-refractivity contribution in [1.82, 2.24) is 30.7 Å². The Morgan fingerprint density at radius 1 is 1.28 bits per heavy atom. The van der Waals surface area contributed by atoms with Gasteiger partial charge in [0, 0.05) is 29.8 Å². The number of benzene rings is 1. The highest BCUT2D eigenvalue weighted by molar-refractivity contribution is 5.98. The highest BCUT2D eigenvalue weighted by atomic mass is 16.6. The first-order valence-corrected chi connectivity index (χ1v) is 9.82. The normalized spacial score (nSPS) is 21.4. The SMILES string of the molecule is Nc1nonc1-n1nnc(C(=O)N/N=C\[C@H]2C[C@H]3C=C[C@@H]2C3)c1-c1ccc([N+](=O)[O-])cc1. The summed E-state index contributed by atoms with van der Waals surface area (Å²) in [4.78, 5) is 23.3. The number of aromatic nitrogens is 5.